The molecule has 0 unspecified atom stereocenters. The van der Waals surface area contributed by atoms with Gasteiger partial charge in [-0.25, -0.2) is 9.59 Å². The number of benzene rings is 1. The zero-order valence-corrected chi connectivity index (χ0v) is 15.6. The molecule has 0 aliphatic carbocycles. The summed E-state index contributed by atoms with van der Waals surface area (Å²) in [5, 5.41) is 1.97. The van der Waals surface area contributed by atoms with Crippen molar-refractivity contribution in [2.24, 2.45) is 5.73 Å². The lowest BCUT2D eigenvalue weighted by Gasteiger charge is -2.25. The summed E-state index contributed by atoms with van der Waals surface area (Å²) in [7, 11) is 0. The Hall–Kier alpha value is -3.56. The minimum Gasteiger partial charge on any atom is -0.383 e. The molecule has 0 saturated carbocycles. The Morgan fingerprint density at radius 1 is 1.18 bits per heavy atom. The number of rotatable bonds is 8. The van der Waals surface area contributed by atoms with Gasteiger partial charge in [-0.05, 0) is 12.0 Å². The number of urea groups is 1. The highest BCUT2D eigenvalue weighted by Gasteiger charge is 2.19. The SMILES string of the molecule is CCCN(CCC(=O)NC(N)=O)c1c(N)n(Cc2ccccc2)c(=O)[nH]c1=O. The van der Waals surface area contributed by atoms with E-state index >= 15 is 0 Å². The number of hydrogen-bond donors (Lipinski definition) is 4. The van der Waals surface area contributed by atoms with Gasteiger partial charge in [0.15, 0.2) is 0 Å². The Morgan fingerprint density at radius 3 is 2.46 bits per heavy atom. The lowest BCUT2D eigenvalue weighted by atomic mass is 10.2. The molecule has 1 aromatic carbocycles. The van der Waals surface area contributed by atoms with Crippen molar-refractivity contribution in [1.82, 2.24) is 14.9 Å². The number of carbonyl (C=O) groups is 2. The Morgan fingerprint density at radius 2 is 1.86 bits per heavy atom. The number of imide groups is 1. The maximum atomic E-state index is 12.4. The summed E-state index contributed by atoms with van der Waals surface area (Å²) in [6.45, 7) is 2.66. The van der Waals surface area contributed by atoms with Crippen LogP contribution in [0, 0.1) is 0 Å². The van der Waals surface area contributed by atoms with Crippen LogP contribution in [0.25, 0.3) is 0 Å². The molecule has 10 heteroatoms. The van der Waals surface area contributed by atoms with Gasteiger partial charge in [0.1, 0.15) is 11.5 Å². The number of nitrogens with one attached hydrogen (secondary N) is 2. The number of aromatic nitrogens is 2. The fraction of sp³-hybridized carbons (Fsp3) is 0.333. The molecule has 0 spiro atoms. The van der Waals surface area contributed by atoms with E-state index in [4.69, 9.17) is 11.5 Å². The summed E-state index contributed by atoms with van der Waals surface area (Å²) < 4.78 is 1.28. The van der Waals surface area contributed by atoms with Crippen LogP contribution in [0.2, 0.25) is 0 Å². The molecule has 0 aliphatic rings. The highest BCUT2D eigenvalue weighted by atomic mass is 16.2. The number of carbonyl (C=O) groups excluding carboxylic acids is 2. The van der Waals surface area contributed by atoms with Gasteiger partial charge in [-0.1, -0.05) is 37.3 Å². The average molecular weight is 388 g/mol. The van der Waals surface area contributed by atoms with Crippen LogP contribution in [0.1, 0.15) is 25.3 Å². The lowest BCUT2D eigenvalue weighted by Crippen LogP contribution is -2.41. The zero-order valence-electron chi connectivity index (χ0n) is 15.6. The van der Waals surface area contributed by atoms with E-state index in [2.05, 4.69) is 4.98 Å². The van der Waals surface area contributed by atoms with Crippen molar-refractivity contribution in [3.05, 3.63) is 56.7 Å². The normalized spacial score (nSPS) is 10.5. The van der Waals surface area contributed by atoms with Crippen molar-refractivity contribution in [1.29, 1.82) is 0 Å². The number of primary amides is 1. The largest absolute Gasteiger partial charge is 0.383 e. The van der Waals surface area contributed by atoms with Crippen LogP contribution in [0.3, 0.4) is 0 Å². The second kappa shape index (κ2) is 9.40. The number of amides is 3. The maximum absolute atomic E-state index is 12.4. The first-order valence-electron chi connectivity index (χ1n) is 8.84. The molecule has 0 aliphatic heterocycles. The van der Waals surface area contributed by atoms with E-state index in [1.807, 2.05) is 42.6 Å². The monoisotopic (exact) mass is 388 g/mol. The smallest absolute Gasteiger partial charge is 0.330 e. The van der Waals surface area contributed by atoms with Crippen LogP contribution in [0.15, 0.2) is 39.9 Å². The number of nitrogens with zero attached hydrogens (tertiary/aromatic N) is 2. The molecular weight excluding hydrogens is 364 g/mol. The Balaban J connectivity index is 2.36. The molecule has 0 radical (unpaired) electrons. The topological polar surface area (TPSA) is 156 Å². The summed E-state index contributed by atoms with van der Waals surface area (Å²) in [5.41, 5.74) is 10.8. The Bertz CT molecular complexity index is 951. The van der Waals surface area contributed by atoms with Crippen LogP contribution >= 0.6 is 0 Å². The van der Waals surface area contributed by atoms with Crippen molar-refractivity contribution < 1.29 is 9.59 Å². The standard InChI is InChI=1S/C18H24N6O4/c1-2-9-23(10-8-13(25)21-17(20)27)14-15(19)24(18(28)22-16(14)26)11-12-6-4-3-5-7-12/h3-7H,2,8-11,19H2,1H3,(H,22,26,28)(H3,20,21,25,27). The van der Waals surface area contributed by atoms with Gasteiger partial charge in [-0.2, -0.15) is 0 Å². The highest BCUT2D eigenvalue weighted by molar-refractivity contribution is 5.93. The third kappa shape index (κ3) is 5.22. The molecule has 28 heavy (non-hydrogen) atoms. The van der Waals surface area contributed by atoms with E-state index in [0.29, 0.717) is 13.0 Å². The summed E-state index contributed by atoms with van der Waals surface area (Å²) in [6.07, 6.45) is 0.605. The van der Waals surface area contributed by atoms with Crippen molar-refractivity contribution >= 4 is 23.4 Å². The van der Waals surface area contributed by atoms with Crippen LogP contribution in [-0.4, -0.2) is 34.6 Å². The molecule has 1 aromatic heterocycles. The zero-order chi connectivity index (χ0) is 20.7. The fourth-order valence-corrected chi connectivity index (χ4v) is 2.85. The first-order chi connectivity index (χ1) is 13.3. The van der Waals surface area contributed by atoms with Gasteiger partial charge in [0.05, 0.1) is 6.54 Å². The number of anilines is 2. The molecule has 150 valence electrons. The lowest BCUT2D eigenvalue weighted by molar-refractivity contribution is -0.119. The molecule has 2 rings (SSSR count). The quantitative estimate of drug-likeness (QED) is 0.497. The number of aromatic amines is 1. The van der Waals surface area contributed by atoms with Crippen molar-refractivity contribution in [3.8, 4) is 0 Å². The van der Waals surface area contributed by atoms with E-state index in [0.717, 1.165) is 5.56 Å². The van der Waals surface area contributed by atoms with Crippen molar-refractivity contribution in [2.45, 2.75) is 26.3 Å². The van der Waals surface area contributed by atoms with Crippen molar-refractivity contribution in [2.75, 3.05) is 23.7 Å². The van der Waals surface area contributed by atoms with Gasteiger partial charge in [-0.15, -0.1) is 0 Å². The van der Waals surface area contributed by atoms with Crippen molar-refractivity contribution in [3.63, 3.8) is 0 Å². The first-order valence-corrected chi connectivity index (χ1v) is 8.84. The summed E-state index contributed by atoms with van der Waals surface area (Å²) in [6, 6.07) is 8.27. The van der Waals surface area contributed by atoms with Gasteiger partial charge >= 0.3 is 11.7 Å². The van der Waals surface area contributed by atoms with E-state index in [9.17, 15) is 19.2 Å². The Labute approximate surface area is 161 Å². The fourth-order valence-electron chi connectivity index (χ4n) is 2.85. The van der Waals surface area contributed by atoms with Crippen LogP contribution in [0.5, 0.6) is 0 Å². The molecule has 0 fully saturated rings. The van der Waals surface area contributed by atoms with E-state index in [1.165, 1.54) is 4.57 Å². The van der Waals surface area contributed by atoms with Gasteiger partial charge in [0.2, 0.25) is 5.91 Å². The second-order valence-corrected chi connectivity index (χ2v) is 6.21. The number of nitrogen functional groups attached to an aromatic ring is 1. The molecule has 6 N–H and O–H groups in total. The average Bonchev–Trinajstić information content (AvgIpc) is 2.63. The highest BCUT2D eigenvalue weighted by Crippen LogP contribution is 2.18. The predicted molar refractivity (Wildman–Crippen MR) is 106 cm³/mol. The summed E-state index contributed by atoms with van der Waals surface area (Å²) >= 11 is 0. The second-order valence-electron chi connectivity index (χ2n) is 6.21. The molecule has 10 nitrogen and oxygen atoms in total. The predicted octanol–water partition coefficient (Wildman–Crippen LogP) is -0.0315. The molecule has 3 amide bonds. The van der Waals surface area contributed by atoms with Crippen LogP contribution in [-0.2, 0) is 11.3 Å². The van der Waals surface area contributed by atoms with Gasteiger partial charge in [0.25, 0.3) is 5.56 Å². The number of hydrogen-bond acceptors (Lipinski definition) is 6. The number of nitrogens with two attached hydrogens (primary N) is 2. The van der Waals surface area contributed by atoms with E-state index in [1.54, 1.807) is 4.90 Å². The van der Waals surface area contributed by atoms with Gasteiger partial charge in [0, 0.05) is 19.5 Å². The Kier molecular flexibility index (Phi) is 6.96. The maximum Gasteiger partial charge on any atom is 0.330 e. The van der Waals surface area contributed by atoms with Crippen LogP contribution < -0.4 is 32.9 Å². The summed E-state index contributed by atoms with van der Waals surface area (Å²) in [4.78, 5) is 51.1. The molecule has 0 saturated heterocycles. The molecular formula is C18H24N6O4. The third-order valence-corrected chi connectivity index (χ3v) is 4.08. The summed E-state index contributed by atoms with van der Waals surface area (Å²) in [5.74, 6) is -0.553. The molecule has 1 heterocycles. The van der Waals surface area contributed by atoms with E-state index in [-0.39, 0.29) is 31.0 Å². The molecule has 2 aromatic rings. The molecule has 0 atom stereocenters. The van der Waals surface area contributed by atoms with Crippen LogP contribution in [0.4, 0.5) is 16.3 Å². The number of H-pyrrole nitrogens is 1. The third-order valence-electron chi connectivity index (χ3n) is 4.08. The minimum absolute atomic E-state index is 0.0152. The minimum atomic E-state index is -0.944. The van der Waals surface area contributed by atoms with E-state index < -0.39 is 23.2 Å². The van der Waals surface area contributed by atoms with Gasteiger partial charge in [-0.3, -0.25) is 24.5 Å². The molecule has 0 bridgehead atoms. The van der Waals surface area contributed by atoms with Gasteiger partial charge < -0.3 is 16.4 Å². The first kappa shape index (κ1) is 20.7.